The summed E-state index contributed by atoms with van der Waals surface area (Å²) < 4.78 is 0. The zero-order chi connectivity index (χ0) is 23.4. The molecule has 0 bridgehead atoms. The van der Waals surface area contributed by atoms with Gasteiger partial charge in [0.05, 0.1) is 23.2 Å². The highest BCUT2D eigenvalue weighted by atomic mass is 32.1. The number of rotatable bonds is 2. The van der Waals surface area contributed by atoms with Crippen molar-refractivity contribution in [3.05, 3.63) is 16.1 Å². The number of likely N-dealkylation sites (tertiary alicyclic amines) is 2. The van der Waals surface area contributed by atoms with E-state index in [1.54, 1.807) is 18.3 Å². The third kappa shape index (κ3) is 5.74. The lowest BCUT2D eigenvalue weighted by Gasteiger charge is -2.42. The Morgan fingerprint density at radius 3 is 2.67 bits per heavy atom. The smallest absolute Gasteiger partial charge is 0.239 e. The van der Waals surface area contributed by atoms with Gasteiger partial charge in [-0.1, -0.05) is 12.8 Å². The Bertz CT molecular complexity index is 864. The average Bonchev–Trinajstić information content (AvgIpc) is 3.20. The summed E-state index contributed by atoms with van der Waals surface area (Å²) in [6.07, 6.45) is 6.28. The van der Waals surface area contributed by atoms with Crippen molar-refractivity contribution in [2.24, 2.45) is 11.3 Å². The third-order valence-electron chi connectivity index (χ3n) is 7.92. The van der Waals surface area contributed by atoms with E-state index in [1.807, 2.05) is 10.4 Å². The maximum Gasteiger partial charge on any atom is 0.239 e. The topological polar surface area (TPSA) is 94.6 Å². The fourth-order valence-electron chi connectivity index (χ4n) is 5.69. The molecule has 0 aliphatic carbocycles. The fourth-order valence-corrected chi connectivity index (χ4v) is 6.51. The minimum Gasteiger partial charge on any atom is -0.351 e. The Balaban J connectivity index is 1.39. The maximum atomic E-state index is 13.3. The quantitative estimate of drug-likeness (QED) is 0.683. The van der Waals surface area contributed by atoms with Gasteiger partial charge in [-0.2, -0.15) is 0 Å². The van der Waals surface area contributed by atoms with Gasteiger partial charge in [0, 0.05) is 37.5 Å². The zero-order valence-corrected chi connectivity index (χ0v) is 20.7. The highest BCUT2D eigenvalue weighted by Gasteiger charge is 2.41. The van der Waals surface area contributed by atoms with Gasteiger partial charge in [0.2, 0.25) is 17.7 Å². The lowest BCUT2D eigenvalue weighted by atomic mass is 9.73. The summed E-state index contributed by atoms with van der Waals surface area (Å²) in [6.45, 7) is 7.76. The van der Waals surface area contributed by atoms with E-state index < -0.39 is 5.41 Å². The van der Waals surface area contributed by atoms with Crippen LogP contribution in [0.25, 0.3) is 0 Å². The molecule has 0 unspecified atom stereocenters. The van der Waals surface area contributed by atoms with Crippen LogP contribution in [0.4, 0.5) is 0 Å². The van der Waals surface area contributed by atoms with Gasteiger partial charge in [-0.3, -0.25) is 19.3 Å². The number of thiazole rings is 1. The van der Waals surface area contributed by atoms with Gasteiger partial charge < -0.3 is 15.5 Å². The Kier molecular flexibility index (Phi) is 7.69. The molecule has 9 heteroatoms. The van der Waals surface area contributed by atoms with Crippen LogP contribution in [0.15, 0.2) is 5.51 Å². The first kappa shape index (κ1) is 24.1. The molecule has 1 aromatic rings. The summed E-state index contributed by atoms with van der Waals surface area (Å²) in [5.74, 6) is 0.304. The van der Waals surface area contributed by atoms with Gasteiger partial charge in [-0.05, 0) is 58.0 Å². The molecule has 3 aliphatic rings. The molecule has 3 saturated heterocycles. The van der Waals surface area contributed by atoms with Gasteiger partial charge in [0.25, 0.3) is 0 Å². The second-order valence-electron chi connectivity index (χ2n) is 10.0. The van der Waals surface area contributed by atoms with Crippen molar-refractivity contribution >= 4 is 29.1 Å². The minimum absolute atomic E-state index is 0.0317. The normalized spacial score (nSPS) is 27.2. The molecule has 1 aromatic heterocycles. The Morgan fingerprint density at radius 1 is 1.18 bits per heavy atom. The Hall–Kier alpha value is -2.00. The first-order valence-corrected chi connectivity index (χ1v) is 13.2. The molecule has 182 valence electrons. The number of aryl methyl sites for hydroxylation is 1. The number of hydrogen-bond acceptors (Lipinski definition) is 6. The van der Waals surface area contributed by atoms with Crippen LogP contribution in [0.2, 0.25) is 0 Å². The molecule has 2 atom stereocenters. The lowest BCUT2D eigenvalue weighted by molar-refractivity contribution is -0.137. The lowest BCUT2D eigenvalue weighted by Crippen LogP contribution is -2.55. The summed E-state index contributed by atoms with van der Waals surface area (Å²) in [6, 6.07) is 0.0804. The van der Waals surface area contributed by atoms with E-state index in [2.05, 4.69) is 27.4 Å². The molecule has 4 rings (SSSR count). The third-order valence-corrected chi connectivity index (χ3v) is 8.84. The van der Waals surface area contributed by atoms with E-state index in [-0.39, 0.29) is 36.2 Å². The van der Waals surface area contributed by atoms with Crippen LogP contribution in [0.5, 0.6) is 0 Å². The molecule has 33 heavy (non-hydrogen) atoms. The van der Waals surface area contributed by atoms with Crippen LogP contribution in [0.3, 0.4) is 0 Å². The molecule has 4 heterocycles. The van der Waals surface area contributed by atoms with Gasteiger partial charge in [-0.15, -0.1) is 11.3 Å². The van der Waals surface area contributed by atoms with E-state index in [9.17, 15) is 14.4 Å². The number of piperidine rings is 2. The molecular formula is C24H37N5O3S. The van der Waals surface area contributed by atoms with Gasteiger partial charge in [0.1, 0.15) is 0 Å². The number of nitrogens with one attached hydrogen (secondary N) is 2. The predicted molar refractivity (Wildman–Crippen MR) is 128 cm³/mol. The van der Waals surface area contributed by atoms with Gasteiger partial charge in [-0.25, -0.2) is 4.98 Å². The van der Waals surface area contributed by atoms with E-state index >= 15 is 0 Å². The maximum absolute atomic E-state index is 13.3. The number of carbonyl (C=O) groups is 3. The highest BCUT2D eigenvalue weighted by molar-refractivity contribution is 7.09. The largest absolute Gasteiger partial charge is 0.351 e. The van der Waals surface area contributed by atoms with E-state index in [0.29, 0.717) is 13.1 Å². The number of fused-ring (bicyclic) bond motifs is 1. The molecule has 2 N–H and O–H groups in total. The number of nitrogens with zero attached hydrogens (tertiary/aromatic N) is 3. The predicted octanol–water partition coefficient (Wildman–Crippen LogP) is 2.08. The molecule has 3 fully saturated rings. The van der Waals surface area contributed by atoms with Crippen molar-refractivity contribution in [2.75, 3.05) is 32.7 Å². The molecular weight excluding hydrogens is 438 g/mol. The molecule has 0 aromatic carbocycles. The van der Waals surface area contributed by atoms with E-state index in [0.717, 1.165) is 70.3 Å². The highest BCUT2D eigenvalue weighted by Crippen LogP contribution is 2.38. The van der Waals surface area contributed by atoms with Gasteiger partial charge >= 0.3 is 0 Å². The second-order valence-corrected chi connectivity index (χ2v) is 11.0. The minimum atomic E-state index is -0.393. The summed E-state index contributed by atoms with van der Waals surface area (Å²) >= 11 is 1.70. The van der Waals surface area contributed by atoms with Crippen LogP contribution in [0.1, 0.15) is 62.4 Å². The number of amides is 3. The van der Waals surface area contributed by atoms with Crippen LogP contribution in [-0.4, -0.2) is 71.3 Å². The van der Waals surface area contributed by atoms with Crippen LogP contribution in [0, 0.1) is 18.3 Å². The monoisotopic (exact) mass is 475 g/mol. The standard InChI is InChI=1S/C24H37N5O3S/c1-17-21(33-16-26-17)15-28-11-8-24(9-12-28)7-4-3-5-19-14-29(18(2)30)10-6-20(19)27-22(31)13-25-23(24)32/h16,19-20H,3-15H2,1-2H3,(H,25,32)(H,27,31)/t19-,20+/m0/s1. The summed E-state index contributed by atoms with van der Waals surface area (Å²) in [7, 11) is 0. The molecule has 3 amide bonds. The summed E-state index contributed by atoms with van der Waals surface area (Å²) in [5.41, 5.74) is 2.60. The van der Waals surface area contributed by atoms with E-state index in [1.165, 1.54) is 4.88 Å². The SMILES string of the molecule is CC(=O)N1CC[C@H]2NC(=O)CNC(=O)C3(CCCC[C@H]2C1)CCN(Cc1scnc1C)CC3. The van der Waals surface area contributed by atoms with E-state index in [4.69, 9.17) is 0 Å². The number of hydrogen-bond donors (Lipinski definition) is 2. The van der Waals surface area contributed by atoms with Crippen LogP contribution >= 0.6 is 11.3 Å². The van der Waals surface area contributed by atoms with Crippen molar-refractivity contribution in [3.63, 3.8) is 0 Å². The van der Waals surface area contributed by atoms with Crippen molar-refractivity contribution in [1.29, 1.82) is 0 Å². The van der Waals surface area contributed by atoms with Crippen molar-refractivity contribution in [1.82, 2.24) is 25.4 Å². The Labute approximate surface area is 200 Å². The average molecular weight is 476 g/mol. The summed E-state index contributed by atoms with van der Waals surface area (Å²) in [5, 5.41) is 6.10. The zero-order valence-electron chi connectivity index (χ0n) is 19.9. The van der Waals surface area contributed by atoms with Gasteiger partial charge in [0.15, 0.2) is 0 Å². The first-order chi connectivity index (χ1) is 15.9. The Morgan fingerprint density at radius 2 is 1.97 bits per heavy atom. The van der Waals surface area contributed by atoms with Crippen LogP contribution in [-0.2, 0) is 20.9 Å². The fraction of sp³-hybridized carbons (Fsp3) is 0.750. The van der Waals surface area contributed by atoms with Crippen molar-refractivity contribution in [3.8, 4) is 0 Å². The molecule has 0 saturated carbocycles. The molecule has 3 aliphatic heterocycles. The number of carbonyl (C=O) groups excluding carboxylic acids is 3. The van der Waals surface area contributed by atoms with Crippen molar-refractivity contribution < 1.29 is 14.4 Å². The molecule has 0 radical (unpaired) electrons. The molecule has 1 spiro atoms. The van der Waals surface area contributed by atoms with Crippen molar-refractivity contribution in [2.45, 2.75) is 71.4 Å². The van der Waals surface area contributed by atoms with Crippen LogP contribution < -0.4 is 10.6 Å². The molecule has 8 nitrogen and oxygen atoms in total. The first-order valence-electron chi connectivity index (χ1n) is 12.3. The second kappa shape index (κ2) is 10.5. The summed E-state index contributed by atoms with van der Waals surface area (Å²) in [4.78, 5) is 47.8. The number of aromatic nitrogens is 1.